The number of rotatable bonds is 5. The number of aliphatic hydroxyl groups excluding tert-OH is 1. The van der Waals surface area contributed by atoms with Gasteiger partial charge < -0.3 is 10.0 Å². The normalized spacial score (nSPS) is 16.7. The topological polar surface area (TPSA) is 58.4 Å². The predicted octanol–water partition coefficient (Wildman–Crippen LogP) is 2.08. The van der Waals surface area contributed by atoms with Crippen LogP contribution < -0.4 is 0 Å². The summed E-state index contributed by atoms with van der Waals surface area (Å²) < 4.78 is 1.94. The lowest BCUT2D eigenvalue weighted by Crippen LogP contribution is -2.39. The molecule has 0 spiro atoms. The number of amides is 1. The second-order valence-electron chi connectivity index (χ2n) is 6.47. The molecule has 1 aliphatic heterocycles. The zero-order chi connectivity index (χ0) is 15.4. The molecule has 0 atom stereocenters. The number of carbonyl (C=O) groups is 1. The zero-order valence-corrected chi connectivity index (χ0v) is 13.4. The smallest absolute Gasteiger partial charge is 0.257 e. The average molecular weight is 293 g/mol. The van der Waals surface area contributed by atoms with E-state index in [1.165, 1.54) is 0 Å². The van der Waals surface area contributed by atoms with Crippen LogP contribution in [-0.4, -0.2) is 45.4 Å². The average Bonchev–Trinajstić information content (AvgIpc) is 2.85. The van der Waals surface area contributed by atoms with E-state index in [0.717, 1.165) is 50.2 Å². The molecule has 1 aromatic heterocycles. The first-order valence-corrected chi connectivity index (χ1v) is 7.95. The first-order valence-electron chi connectivity index (χ1n) is 7.95. The van der Waals surface area contributed by atoms with Gasteiger partial charge in [0.1, 0.15) is 0 Å². The number of hydrogen-bond acceptors (Lipinski definition) is 3. The van der Waals surface area contributed by atoms with Crippen molar-refractivity contribution < 1.29 is 9.90 Å². The van der Waals surface area contributed by atoms with Gasteiger partial charge in [0.2, 0.25) is 0 Å². The monoisotopic (exact) mass is 293 g/mol. The van der Waals surface area contributed by atoms with Crippen LogP contribution in [0.4, 0.5) is 0 Å². The minimum absolute atomic E-state index is 0.0830. The fraction of sp³-hybridized carbons (Fsp3) is 0.750. The summed E-state index contributed by atoms with van der Waals surface area (Å²) in [5.41, 5.74) is 1.69. The number of likely N-dealkylation sites (tertiary alicyclic amines) is 1. The summed E-state index contributed by atoms with van der Waals surface area (Å²) in [7, 11) is 0. The first kappa shape index (κ1) is 16.0. The molecular weight excluding hydrogens is 266 g/mol. The molecule has 2 heterocycles. The van der Waals surface area contributed by atoms with Crippen LogP contribution in [0.5, 0.6) is 0 Å². The van der Waals surface area contributed by atoms with E-state index in [1.54, 1.807) is 6.20 Å². The maximum absolute atomic E-state index is 12.6. The van der Waals surface area contributed by atoms with Crippen molar-refractivity contribution in [2.75, 3.05) is 19.7 Å². The summed E-state index contributed by atoms with van der Waals surface area (Å²) in [5.74, 6) is 1.06. The van der Waals surface area contributed by atoms with E-state index in [4.69, 9.17) is 5.11 Å². The SMILES string of the molecule is Cc1c(C(=O)N2CCC(CO)CC2)cnn1CCC(C)C. The molecule has 0 saturated carbocycles. The van der Waals surface area contributed by atoms with Crippen LogP contribution >= 0.6 is 0 Å². The number of aliphatic hydroxyl groups is 1. The Morgan fingerprint density at radius 3 is 2.67 bits per heavy atom. The summed E-state index contributed by atoms with van der Waals surface area (Å²) in [4.78, 5) is 14.5. The molecule has 1 aromatic rings. The zero-order valence-electron chi connectivity index (χ0n) is 13.4. The lowest BCUT2D eigenvalue weighted by atomic mass is 9.97. The summed E-state index contributed by atoms with van der Waals surface area (Å²) in [6.45, 7) is 8.92. The van der Waals surface area contributed by atoms with Crippen LogP contribution in [0.2, 0.25) is 0 Å². The van der Waals surface area contributed by atoms with Crippen LogP contribution in [0.1, 0.15) is 49.2 Å². The first-order chi connectivity index (χ1) is 10.0. The van der Waals surface area contributed by atoms with Gasteiger partial charge in [0.25, 0.3) is 5.91 Å². The molecule has 2 rings (SSSR count). The molecule has 0 aromatic carbocycles. The number of piperidine rings is 1. The molecule has 1 amide bonds. The Labute approximate surface area is 126 Å². The molecule has 1 aliphatic rings. The third-order valence-corrected chi connectivity index (χ3v) is 4.41. The van der Waals surface area contributed by atoms with Gasteiger partial charge in [-0.25, -0.2) is 0 Å². The van der Waals surface area contributed by atoms with E-state index in [-0.39, 0.29) is 12.5 Å². The van der Waals surface area contributed by atoms with Crippen LogP contribution in [0.25, 0.3) is 0 Å². The lowest BCUT2D eigenvalue weighted by Gasteiger charge is -2.31. The molecule has 118 valence electrons. The fourth-order valence-corrected chi connectivity index (χ4v) is 2.75. The molecule has 0 radical (unpaired) electrons. The quantitative estimate of drug-likeness (QED) is 0.904. The van der Waals surface area contributed by atoms with Gasteiger partial charge in [0, 0.05) is 31.9 Å². The Bertz CT molecular complexity index is 474. The van der Waals surface area contributed by atoms with Crippen molar-refractivity contribution in [2.24, 2.45) is 11.8 Å². The Balaban J connectivity index is 2.00. The summed E-state index contributed by atoms with van der Waals surface area (Å²) >= 11 is 0. The van der Waals surface area contributed by atoms with Crippen molar-refractivity contribution in [1.29, 1.82) is 0 Å². The van der Waals surface area contributed by atoms with Gasteiger partial charge >= 0.3 is 0 Å². The Morgan fingerprint density at radius 1 is 1.43 bits per heavy atom. The van der Waals surface area contributed by atoms with Crippen LogP contribution in [0.3, 0.4) is 0 Å². The number of aryl methyl sites for hydroxylation is 1. The van der Waals surface area contributed by atoms with Crippen molar-refractivity contribution in [3.05, 3.63) is 17.5 Å². The minimum atomic E-state index is 0.0830. The Morgan fingerprint density at radius 2 is 2.10 bits per heavy atom. The lowest BCUT2D eigenvalue weighted by molar-refractivity contribution is 0.0650. The molecule has 1 fully saturated rings. The van der Waals surface area contributed by atoms with Gasteiger partial charge in [-0.2, -0.15) is 5.10 Å². The van der Waals surface area contributed by atoms with E-state index in [0.29, 0.717) is 11.8 Å². The van der Waals surface area contributed by atoms with E-state index in [1.807, 2.05) is 16.5 Å². The summed E-state index contributed by atoms with van der Waals surface area (Å²) in [5, 5.41) is 13.5. The number of aromatic nitrogens is 2. The van der Waals surface area contributed by atoms with Crippen LogP contribution in [0, 0.1) is 18.8 Å². The minimum Gasteiger partial charge on any atom is -0.396 e. The van der Waals surface area contributed by atoms with Crippen molar-refractivity contribution in [3.63, 3.8) is 0 Å². The van der Waals surface area contributed by atoms with Crippen molar-refractivity contribution in [1.82, 2.24) is 14.7 Å². The standard InChI is InChI=1S/C16H27N3O2/c1-12(2)4-9-19-13(3)15(10-17-19)16(21)18-7-5-14(11-20)6-8-18/h10,12,14,20H,4-9,11H2,1-3H3. The van der Waals surface area contributed by atoms with Gasteiger partial charge in [-0.05, 0) is 38.0 Å². The molecule has 0 bridgehead atoms. The molecule has 1 saturated heterocycles. The second kappa shape index (κ2) is 7.07. The van der Waals surface area contributed by atoms with Gasteiger partial charge in [-0.15, -0.1) is 0 Å². The number of carbonyl (C=O) groups excluding carboxylic acids is 1. The molecule has 0 unspecified atom stereocenters. The van der Waals surface area contributed by atoms with Crippen LogP contribution in [-0.2, 0) is 6.54 Å². The Kier molecular flexibility index (Phi) is 5.39. The van der Waals surface area contributed by atoms with Gasteiger partial charge in [0.15, 0.2) is 0 Å². The largest absolute Gasteiger partial charge is 0.396 e. The third kappa shape index (κ3) is 3.84. The van der Waals surface area contributed by atoms with Gasteiger partial charge in [-0.1, -0.05) is 13.8 Å². The highest BCUT2D eigenvalue weighted by Crippen LogP contribution is 2.20. The van der Waals surface area contributed by atoms with E-state index < -0.39 is 0 Å². The third-order valence-electron chi connectivity index (χ3n) is 4.41. The van der Waals surface area contributed by atoms with E-state index >= 15 is 0 Å². The van der Waals surface area contributed by atoms with Crippen molar-refractivity contribution >= 4 is 5.91 Å². The van der Waals surface area contributed by atoms with E-state index in [2.05, 4.69) is 18.9 Å². The Hall–Kier alpha value is -1.36. The van der Waals surface area contributed by atoms with Crippen molar-refractivity contribution in [3.8, 4) is 0 Å². The maximum Gasteiger partial charge on any atom is 0.257 e. The van der Waals surface area contributed by atoms with Gasteiger partial charge in [-0.3, -0.25) is 9.48 Å². The molecule has 5 heteroatoms. The highest BCUT2D eigenvalue weighted by atomic mass is 16.3. The predicted molar refractivity (Wildman–Crippen MR) is 82.1 cm³/mol. The van der Waals surface area contributed by atoms with E-state index in [9.17, 15) is 4.79 Å². The summed E-state index contributed by atoms with van der Waals surface area (Å²) in [6, 6.07) is 0. The molecular formula is C16H27N3O2. The molecule has 1 N–H and O–H groups in total. The fourth-order valence-electron chi connectivity index (χ4n) is 2.75. The van der Waals surface area contributed by atoms with Gasteiger partial charge in [0.05, 0.1) is 11.8 Å². The highest BCUT2D eigenvalue weighted by Gasteiger charge is 2.25. The van der Waals surface area contributed by atoms with Crippen LogP contribution in [0.15, 0.2) is 6.20 Å². The number of hydrogen-bond donors (Lipinski definition) is 1. The second-order valence-corrected chi connectivity index (χ2v) is 6.47. The molecule has 0 aliphatic carbocycles. The summed E-state index contributed by atoms with van der Waals surface area (Å²) in [6.07, 6.45) is 4.56. The maximum atomic E-state index is 12.6. The molecule has 5 nitrogen and oxygen atoms in total. The van der Waals surface area contributed by atoms with Crippen molar-refractivity contribution in [2.45, 2.75) is 46.6 Å². The molecule has 21 heavy (non-hydrogen) atoms. The highest BCUT2D eigenvalue weighted by molar-refractivity contribution is 5.95. The number of nitrogens with zero attached hydrogens (tertiary/aromatic N) is 3.